The second-order valence-corrected chi connectivity index (χ2v) is 10.5. The van der Waals surface area contributed by atoms with E-state index in [1.807, 2.05) is 30.3 Å². The Morgan fingerprint density at radius 2 is 1.69 bits per heavy atom. The molecule has 1 heterocycles. The molecule has 7 nitrogen and oxygen atoms in total. The number of benzene rings is 2. The maximum atomic E-state index is 13.1. The molecule has 1 fully saturated rings. The maximum absolute atomic E-state index is 13.1. The molecule has 3 rings (SSSR count). The Morgan fingerprint density at radius 1 is 1.03 bits per heavy atom. The Hall–Kier alpha value is -2.71. The van der Waals surface area contributed by atoms with Gasteiger partial charge in [0, 0.05) is 18.8 Å². The largest absolute Gasteiger partial charge is 0.455 e. The molecule has 0 unspecified atom stereocenters. The van der Waals surface area contributed by atoms with Crippen LogP contribution in [0.5, 0.6) is 0 Å². The smallest absolute Gasteiger partial charge is 0.316 e. The van der Waals surface area contributed by atoms with Gasteiger partial charge in [0.15, 0.2) is 6.61 Å². The molecule has 1 aliphatic heterocycles. The third-order valence-electron chi connectivity index (χ3n) is 5.74. The summed E-state index contributed by atoms with van der Waals surface area (Å²) in [4.78, 5) is 25.1. The minimum absolute atomic E-state index is 0.180. The zero-order valence-corrected chi connectivity index (χ0v) is 19.6. The first-order chi connectivity index (χ1) is 15.1. The third-order valence-corrected chi connectivity index (χ3v) is 7.79. The number of sulfonamides is 1. The first kappa shape index (κ1) is 23.9. The van der Waals surface area contributed by atoms with E-state index < -0.39 is 33.9 Å². The Bertz CT molecular complexity index is 1070. The van der Waals surface area contributed by atoms with Gasteiger partial charge in [-0.25, -0.2) is 8.42 Å². The molecule has 8 heteroatoms. The van der Waals surface area contributed by atoms with Gasteiger partial charge in [0.05, 0.1) is 10.3 Å². The van der Waals surface area contributed by atoms with Gasteiger partial charge in [-0.15, -0.1) is 0 Å². The number of amides is 1. The fraction of sp³-hybridized carbons (Fsp3) is 0.417. The average Bonchev–Trinajstić information content (AvgIpc) is 2.79. The molecular formula is C24H30N2O5S. The summed E-state index contributed by atoms with van der Waals surface area (Å²) >= 11 is 0. The molecule has 1 amide bonds. The molecule has 0 aliphatic carbocycles. The van der Waals surface area contributed by atoms with Gasteiger partial charge in [-0.05, 0) is 56.9 Å². The van der Waals surface area contributed by atoms with Gasteiger partial charge in [-0.2, -0.15) is 4.31 Å². The number of hydrogen-bond donors (Lipinski definition) is 1. The van der Waals surface area contributed by atoms with Crippen LogP contribution >= 0.6 is 0 Å². The first-order valence-corrected chi connectivity index (χ1v) is 12.2. The number of carbonyl (C=O) groups is 2. The van der Waals surface area contributed by atoms with E-state index >= 15 is 0 Å². The Kier molecular flexibility index (Phi) is 7.36. The molecule has 1 aliphatic rings. The van der Waals surface area contributed by atoms with Gasteiger partial charge in [0.1, 0.15) is 0 Å². The van der Waals surface area contributed by atoms with Crippen LogP contribution in [0.15, 0.2) is 53.4 Å². The van der Waals surface area contributed by atoms with Crippen LogP contribution in [0, 0.1) is 6.92 Å². The highest BCUT2D eigenvalue weighted by Gasteiger charge is 2.32. The van der Waals surface area contributed by atoms with Crippen LogP contribution in [0.2, 0.25) is 0 Å². The van der Waals surface area contributed by atoms with Gasteiger partial charge in [0.25, 0.3) is 5.91 Å². The van der Waals surface area contributed by atoms with E-state index in [-0.39, 0.29) is 4.90 Å². The van der Waals surface area contributed by atoms with Crippen molar-refractivity contribution in [3.8, 4) is 0 Å². The van der Waals surface area contributed by atoms with E-state index in [4.69, 9.17) is 4.74 Å². The van der Waals surface area contributed by atoms with Crippen molar-refractivity contribution in [1.29, 1.82) is 0 Å². The fourth-order valence-corrected chi connectivity index (χ4v) is 5.45. The summed E-state index contributed by atoms with van der Waals surface area (Å²) in [7, 11) is -3.63. The minimum atomic E-state index is -3.63. The molecule has 1 saturated heterocycles. The summed E-state index contributed by atoms with van der Waals surface area (Å²) in [5.74, 6) is -1.05. The number of piperidine rings is 1. The van der Waals surface area contributed by atoms with E-state index in [0.717, 1.165) is 24.8 Å². The molecule has 0 radical (unpaired) electrons. The monoisotopic (exact) mass is 458 g/mol. The molecule has 2 aromatic carbocycles. The first-order valence-electron chi connectivity index (χ1n) is 10.8. The molecule has 32 heavy (non-hydrogen) atoms. The summed E-state index contributed by atoms with van der Waals surface area (Å²) in [6.07, 6.45) is 2.72. The molecule has 0 bridgehead atoms. The molecule has 2 aromatic rings. The molecule has 0 spiro atoms. The van der Waals surface area contributed by atoms with Gasteiger partial charge >= 0.3 is 5.97 Å². The number of nitrogens with one attached hydrogen (secondary N) is 1. The van der Waals surface area contributed by atoms with Crippen LogP contribution in [-0.2, 0) is 29.8 Å². The number of anilines is 1. The van der Waals surface area contributed by atoms with Crippen LogP contribution in [0.1, 0.15) is 44.2 Å². The van der Waals surface area contributed by atoms with E-state index in [9.17, 15) is 18.0 Å². The van der Waals surface area contributed by atoms with Crippen molar-refractivity contribution in [2.45, 2.75) is 50.3 Å². The Labute approximate surface area is 189 Å². The number of carbonyl (C=O) groups excluding carboxylic acids is 2. The number of ether oxygens (including phenoxy) is 1. The van der Waals surface area contributed by atoms with Crippen molar-refractivity contribution in [3.05, 3.63) is 59.7 Å². The predicted molar refractivity (Wildman–Crippen MR) is 123 cm³/mol. The number of rotatable bonds is 7. The van der Waals surface area contributed by atoms with E-state index in [2.05, 4.69) is 5.32 Å². The molecular weight excluding hydrogens is 428 g/mol. The Balaban J connectivity index is 1.65. The third kappa shape index (κ3) is 5.37. The summed E-state index contributed by atoms with van der Waals surface area (Å²) in [5, 5.41) is 2.63. The number of aryl methyl sites for hydroxylation is 1. The van der Waals surface area contributed by atoms with Gasteiger partial charge in [-0.1, -0.05) is 42.8 Å². The van der Waals surface area contributed by atoms with Crippen LogP contribution in [0.25, 0.3) is 0 Å². The highest BCUT2D eigenvalue weighted by atomic mass is 32.2. The molecule has 0 atom stereocenters. The van der Waals surface area contributed by atoms with Crippen LogP contribution in [-0.4, -0.2) is 44.3 Å². The summed E-state index contributed by atoms with van der Waals surface area (Å²) < 4.78 is 32.8. The SMILES string of the molecule is Cc1ccc(NC(=O)COC(=O)C(C)(C)c2ccccc2)cc1S(=O)(=O)N1CCCCC1. The van der Waals surface area contributed by atoms with Gasteiger partial charge in [-0.3, -0.25) is 9.59 Å². The van der Waals surface area contributed by atoms with Crippen LogP contribution in [0.4, 0.5) is 5.69 Å². The van der Waals surface area contributed by atoms with Crippen molar-refractivity contribution in [2.75, 3.05) is 25.0 Å². The second-order valence-electron chi connectivity index (χ2n) is 8.56. The Morgan fingerprint density at radius 3 is 2.34 bits per heavy atom. The summed E-state index contributed by atoms with van der Waals surface area (Å²) in [6, 6.07) is 14.0. The summed E-state index contributed by atoms with van der Waals surface area (Å²) in [5.41, 5.74) is 0.844. The zero-order valence-electron chi connectivity index (χ0n) is 18.8. The van der Waals surface area contributed by atoms with E-state index in [1.165, 1.54) is 10.4 Å². The lowest BCUT2D eigenvalue weighted by Crippen LogP contribution is -2.36. The lowest BCUT2D eigenvalue weighted by Gasteiger charge is -2.26. The number of nitrogens with zero attached hydrogens (tertiary/aromatic N) is 1. The van der Waals surface area contributed by atoms with Crippen LogP contribution < -0.4 is 5.32 Å². The van der Waals surface area contributed by atoms with E-state index in [0.29, 0.717) is 24.3 Å². The average molecular weight is 459 g/mol. The highest BCUT2D eigenvalue weighted by Crippen LogP contribution is 2.27. The lowest BCUT2D eigenvalue weighted by molar-refractivity contribution is -0.152. The van der Waals surface area contributed by atoms with Gasteiger partial charge < -0.3 is 10.1 Å². The highest BCUT2D eigenvalue weighted by molar-refractivity contribution is 7.89. The quantitative estimate of drug-likeness (QED) is 0.640. The molecule has 1 N–H and O–H groups in total. The fourth-order valence-electron chi connectivity index (χ4n) is 3.68. The van der Waals surface area contributed by atoms with Gasteiger partial charge in [0.2, 0.25) is 10.0 Å². The number of esters is 1. The standard InChI is InChI=1S/C24H30N2O5S/c1-18-12-13-20(16-21(18)32(29,30)26-14-8-5-9-15-26)25-22(27)17-31-23(28)24(2,3)19-10-6-4-7-11-19/h4,6-7,10-13,16H,5,8-9,14-15,17H2,1-3H3,(H,25,27). The lowest BCUT2D eigenvalue weighted by atomic mass is 9.85. The minimum Gasteiger partial charge on any atom is -0.455 e. The van der Waals surface area contributed by atoms with E-state index in [1.54, 1.807) is 32.9 Å². The predicted octanol–water partition coefficient (Wildman–Crippen LogP) is 3.63. The topological polar surface area (TPSA) is 92.8 Å². The van der Waals surface area contributed by atoms with Crippen molar-refractivity contribution >= 4 is 27.6 Å². The zero-order chi connectivity index (χ0) is 23.4. The van der Waals surface area contributed by atoms with Crippen molar-refractivity contribution in [3.63, 3.8) is 0 Å². The molecule has 0 saturated carbocycles. The molecule has 0 aromatic heterocycles. The van der Waals surface area contributed by atoms with Crippen molar-refractivity contribution in [1.82, 2.24) is 4.31 Å². The normalized spacial score (nSPS) is 15.2. The maximum Gasteiger partial charge on any atom is 0.316 e. The summed E-state index contributed by atoms with van der Waals surface area (Å²) in [6.45, 7) is 5.75. The number of hydrogen-bond acceptors (Lipinski definition) is 5. The molecule has 172 valence electrons. The van der Waals surface area contributed by atoms with Crippen LogP contribution in [0.3, 0.4) is 0 Å². The second kappa shape index (κ2) is 9.83. The van der Waals surface area contributed by atoms with Crippen molar-refractivity contribution in [2.24, 2.45) is 0 Å². The van der Waals surface area contributed by atoms with Crippen molar-refractivity contribution < 1.29 is 22.7 Å².